The van der Waals surface area contributed by atoms with Crippen LogP contribution in [-0.4, -0.2) is 43.8 Å². The van der Waals surface area contributed by atoms with Crippen molar-refractivity contribution in [2.45, 2.75) is 17.9 Å². The number of rotatable bonds is 6. The number of amides is 1. The van der Waals surface area contributed by atoms with Crippen LogP contribution in [-0.2, 0) is 14.8 Å². The lowest BCUT2D eigenvalue weighted by molar-refractivity contribution is -0.138. The van der Waals surface area contributed by atoms with Crippen LogP contribution in [0.4, 0.5) is 5.69 Å². The Balaban J connectivity index is 2.13. The molecule has 0 spiro atoms. The van der Waals surface area contributed by atoms with Crippen LogP contribution < -0.4 is 5.32 Å². The van der Waals surface area contributed by atoms with Crippen LogP contribution in [0.2, 0.25) is 0 Å². The van der Waals surface area contributed by atoms with Crippen LogP contribution in [0.3, 0.4) is 0 Å². The van der Waals surface area contributed by atoms with Gasteiger partial charge in [0, 0.05) is 19.8 Å². The minimum absolute atomic E-state index is 0.150. The van der Waals surface area contributed by atoms with Crippen LogP contribution >= 0.6 is 0 Å². The minimum Gasteiger partial charge on any atom is -0.481 e. The fourth-order valence-corrected chi connectivity index (χ4v) is 2.75. The van der Waals surface area contributed by atoms with Gasteiger partial charge in [0.05, 0.1) is 5.92 Å². The van der Waals surface area contributed by atoms with Crippen molar-refractivity contribution in [2.75, 3.05) is 19.4 Å². The Bertz CT molecular complexity index is 884. The number of hydrogen-bond donors (Lipinski definition) is 2. The van der Waals surface area contributed by atoms with E-state index in [4.69, 9.17) is 9.52 Å². The quantitative estimate of drug-likeness (QED) is 0.807. The van der Waals surface area contributed by atoms with Crippen LogP contribution in [0.25, 0.3) is 0 Å². The second-order valence-electron chi connectivity index (χ2n) is 5.54. The Morgan fingerprint density at radius 1 is 1.12 bits per heavy atom. The van der Waals surface area contributed by atoms with Crippen molar-refractivity contribution >= 4 is 27.6 Å². The average Bonchev–Trinajstić information content (AvgIpc) is 3.05. The number of anilines is 1. The molecule has 25 heavy (non-hydrogen) atoms. The van der Waals surface area contributed by atoms with Gasteiger partial charge in [-0.05, 0) is 36.8 Å². The summed E-state index contributed by atoms with van der Waals surface area (Å²) < 4.78 is 30.0. The van der Waals surface area contributed by atoms with E-state index in [9.17, 15) is 18.0 Å². The molecule has 0 fully saturated rings. The number of nitrogens with zero attached hydrogens (tertiary/aromatic N) is 1. The van der Waals surface area contributed by atoms with Gasteiger partial charge in [-0.1, -0.05) is 12.1 Å². The van der Waals surface area contributed by atoms with Crippen molar-refractivity contribution in [3.05, 3.63) is 47.7 Å². The first-order chi connectivity index (χ1) is 11.6. The summed E-state index contributed by atoms with van der Waals surface area (Å²) in [6.45, 7) is 1.56. The predicted molar refractivity (Wildman–Crippen MR) is 90.0 cm³/mol. The van der Waals surface area contributed by atoms with Gasteiger partial charge in [-0.25, -0.2) is 12.7 Å². The van der Waals surface area contributed by atoms with E-state index in [1.807, 2.05) is 0 Å². The fraction of sp³-hybridized carbons (Fsp3) is 0.250. The zero-order chi connectivity index (χ0) is 18.8. The number of carboxylic acid groups (broad SMARTS) is 1. The molecule has 9 heteroatoms. The highest BCUT2D eigenvalue weighted by molar-refractivity contribution is 7.88. The molecule has 0 saturated heterocycles. The van der Waals surface area contributed by atoms with E-state index < -0.39 is 27.8 Å². The summed E-state index contributed by atoms with van der Waals surface area (Å²) in [6.07, 6.45) is 0. The van der Waals surface area contributed by atoms with Crippen molar-refractivity contribution in [1.82, 2.24) is 4.31 Å². The monoisotopic (exact) mass is 366 g/mol. The Labute approximate surface area is 145 Å². The first-order valence-corrected chi connectivity index (χ1v) is 8.73. The summed E-state index contributed by atoms with van der Waals surface area (Å²) in [7, 11) is -1.04. The molecule has 0 bridgehead atoms. The molecule has 2 rings (SSSR count). The van der Waals surface area contributed by atoms with E-state index in [0.29, 0.717) is 11.3 Å². The number of carboxylic acids is 1. The lowest BCUT2D eigenvalue weighted by Crippen LogP contribution is -2.21. The Kier molecular flexibility index (Phi) is 5.29. The summed E-state index contributed by atoms with van der Waals surface area (Å²) in [5.74, 6) is -2.36. The first-order valence-electron chi connectivity index (χ1n) is 7.29. The average molecular weight is 366 g/mol. The Morgan fingerprint density at radius 3 is 2.24 bits per heavy atom. The van der Waals surface area contributed by atoms with Gasteiger partial charge in [-0.15, -0.1) is 0 Å². The maximum Gasteiger partial charge on any atom is 0.310 e. The maximum atomic E-state index is 12.1. The summed E-state index contributed by atoms with van der Waals surface area (Å²) in [5, 5.41) is 11.2. The number of furan rings is 1. The molecule has 2 aromatic rings. The van der Waals surface area contributed by atoms with Crippen molar-refractivity contribution in [1.29, 1.82) is 0 Å². The number of aliphatic carboxylic acids is 1. The maximum absolute atomic E-state index is 12.1. The van der Waals surface area contributed by atoms with Crippen molar-refractivity contribution in [3.8, 4) is 0 Å². The predicted octanol–water partition coefficient (Wildman–Crippen LogP) is 1.97. The Hall–Kier alpha value is -2.65. The van der Waals surface area contributed by atoms with Gasteiger partial charge in [-0.2, -0.15) is 0 Å². The summed E-state index contributed by atoms with van der Waals surface area (Å²) in [6, 6.07) is 8.80. The molecule has 2 N–H and O–H groups in total. The number of benzene rings is 1. The molecule has 0 saturated carbocycles. The zero-order valence-corrected chi connectivity index (χ0v) is 14.7. The highest BCUT2D eigenvalue weighted by Gasteiger charge is 2.23. The van der Waals surface area contributed by atoms with Gasteiger partial charge >= 0.3 is 5.97 Å². The summed E-state index contributed by atoms with van der Waals surface area (Å²) >= 11 is 0. The van der Waals surface area contributed by atoms with Crippen molar-refractivity contribution < 1.29 is 27.5 Å². The molecule has 134 valence electrons. The molecule has 1 aromatic heterocycles. The van der Waals surface area contributed by atoms with Gasteiger partial charge in [-0.3, -0.25) is 9.59 Å². The normalized spacial score (nSPS) is 12.8. The minimum atomic E-state index is -3.75. The van der Waals surface area contributed by atoms with Crippen LogP contribution in [0.15, 0.2) is 45.9 Å². The van der Waals surface area contributed by atoms with Gasteiger partial charge in [0.15, 0.2) is 5.76 Å². The molecule has 0 aliphatic rings. The van der Waals surface area contributed by atoms with E-state index in [0.717, 1.165) is 4.31 Å². The number of nitrogens with one attached hydrogen (secondary N) is 1. The molecule has 1 atom stereocenters. The SMILES string of the molecule is CC(C(=O)O)c1ccc(NC(=O)c2ccc(S(=O)(=O)N(C)C)o2)cc1. The number of carbonyl (C=O) groups excluding carboxylic acids is 1. The standard InChI is InChI=1S/C16H18N2O6S/c1-10(16(20)21)11-4-6-12(7-5-11)17-15(19)13-8-9-14(24-13)25(22,23)18(2)3/h4-10H,1-3H3,(H,17,19)(H,20,21). The smallest absolute Gasteiger partial charge is 0.310 e. The number of hydrogen-bond acceptors (Lipinski definition) is 5. The van der Waals surface area contributed by atoms with Gasteiger partial charge in [0.1, 0.15) is 0 Å². The molecular formula is C16H18N2O6S. The molecule has 1 amide bonds. The molecular weight excluding hydrogens is 348 g/mol. The second kappa shape index (κ2) is 7.08. The molecule has 1 aromatic carbocycles. The number of sulfonamides is 1. The van der Waals surface area contributed by atoms with Crippen LogP contribution in [0.1, 0.15) is 29.0 Å². The van der Waals surface area contributed by atoms with Gasteiger partial charge in [0.25, 0.3) is 15.9 Å². The summed E-state index contributed by atoms with van der Waals surface area (Å²) in [5.41, 5.74) is 1.03. The van der Waals surface area contributed by atoms with E-state index >= 15 is 0 Å². The summed E-state index contributed by atoms with van der Waals surface area (Å²) in [4.78, 5) is 23.1. The molecule has 0 radical (unpaired) electrons. The Morgan fingerprint density at radius 2 is 1.72 bits per heavy atom. The molecule has 0 aliphatic heterocycles. The number of carbonyl (C=O) groups is 2. The topological polar surface area (TPSA) is 117 Å². The van der Waals surface area contributed by atoms with E-state index in [1.54, 1.807) is 31.2 Å². The van der Waals surface area contributed by atoms with Gasteiger partial charge < -0.3 is 14.8 Å². The fourth-order valence-electron chi connectivity index (χ4n) is 1.95. The third-order valence-corrected chi connectivity index (χ3v) is 5.27. The zero-order valence-electron chi connectivity index (χ0n) is 13.9. The highest BCUT2D eigenvalue weighted by Crippen LogP contribution is 2.20. The van der Waals surface area contributed by atoms with Crippen LogP contribution in [0, 0.1) is 0 Å². The molecule has 0 aliphatic carbocycles. The lowest BCUT2D eigenvalue weighted by atomic mass is 10.0. The van der Waals surface area contributed by atoms with E-state index in [1.165, 1.54) is 26.2 Å². The lowest BCUT2D eigenvalue weighted by Gasteiger charge is -2.09. The third kappa shape index (κ3) is 4.06. The molecule has 1 heterocycles. The second-order valence-corrected chi connectivity index (χ2v) is 7.62. The highest BCUT2D eigenvalue weighted by atomic mass is 32.2. The van der Waals surface area contributed by atoms with E-state index in [-0.39, 0.29) is 10.9 Å². The van der Waals surface area contributed by atoms with Crippen molar-refractivity contribution in [2.24, 2.45) is 0 Å². The largest absolute Gasteiger partial charge is 0.481 e. The van der Waals surface area contributed by atoms with Crippen molar-refractivity contribution in [3.63, 3.8) is 0 Å². The van der Waals surface area contributed by atoms with E-state index in [2.05, 4.69) is 5.32 Å². The molecule has 1 unspecified atom stereocenters. The molecule has 8 nitrogen and oxygen atoms in total. The first kappa shape index (κ1) is 18.7. The third-order valence-electron chi connectivity index (χ3n) is 3.58. The van der Waals surface area contributed by atoms with Gasteiger partial charge in [0.2, 0.25) is 5.09 Å². The van der Waals surface area contributed by atoms with Crippen LogP contribution in [0.5, 0.6) is 0 Å².